The quantitative estimate of drug-likeness (QED) is 0.692. The number of fused-ring (bicyclic) bond motifs is 1. The first-order valence-electron chi connectivity index (χ1n) is 4.67. The number of hydrogen-bond acceptors (Lipinski definition) is 2. The number of halogens is 1. The lowest BCUT2D eigenvalue weighted by atomic mass is 10.1. The molecule has 0 spiro atoms. The second-order valence-corrected chi connectivity index (χ2v) is 4.09. The molecule has 0 bridgehead atoms. The number of rotatable bonds is 0. The Hall–Kier alpha value is -1.29. The van der Waals surface area contributed by atoms with Crippen molar-refractivity contribution in [3.63, 3.8) is 0 Å². The third-order valence-electron chi connectivity index (χ3n) is 2.59. The molecule has 2 aromatic rings. The van der Waals surface area contributed by atoms with Crippen LogP contribution in [0.1, 0.15) is 16.8 Å². The Labute approximate surface area is 92.2 Å². The first-order chi connectivity index (χ1) is 7.00. The minimum Gasteiger partial charge on any atom is -0.330 e. The van der Waals surface area contributed by atoms with Crippen LogP contribution in [-0.2, 0) is 0 Å². The number of pyridine rings is 2. The average Bonchev–Trinajstić information content (AvgIpc) is 2.19. The van der Waals surface area contributed by atoms with Gasteiger partial charge >= 0.3 is 0 Å². The van der Waals surface area contributed by atoms with Gasteiger partial charge in [0.05, 0.1) is 5.39 Å². The van der Waals surface area contributed by atoms with E-state index < -0.39 is 0 Å². The molecule has 2 heterocycles. The predicted molar refractivity (Wildman–Crippen MR) is 61.1 cm³/mol. The van der Waals surface area contributed by atoms with Crippen molar-refractivity contribution in [3.05, 3.63) is 33.3 Å². The van der Waals surface area contributed by atoms with Crippen molar-refractivity contribution in [1.82, 2.24) is 9.97 Å². The van der Waals surface area contributed by atoms with E-state index in [1.165, 1.54) is 0 Å². The van der Waals surface area contributed by atoms with Crippen LogP contribution in [0.5, 0.6) is 0 Å². The fourth-order valence-corrected chi connectivity index (χ4v) is 1.65. The summed E-state index contributed by atoms with van der Waals surface area (Å²) in [5, 5.41) is 0.504. The van der Waals surface area contributed by atoms with Gasteiger partial charge in [0.2, 0.25) is 0 Å². The van der Waals surface area contributed by atoms with E-state index in [9.17, 15) is 4.39 Å². The second kappa shape index (κ2) is 3.38. The van der Waals surface area contributed by atoms with E-state index in [1.807, 2.05) is 6.92 Å². The zero-order valence-electron chi connectivity index (χ0n) is 8.81. The molecule has 0 atom stereocenters. The normalized spacial score (nSPS) is 10.9. The molecule has 2 nitrogen and oxygen atoms in total. The van der Waals surface area contributed by atoms with E-state index >= 15 is 0 Å². The summed E-state index contributed by atoms with van der Waals surface area (Å²) in [6.07, 6.45) is 0. The summed E-state index contributed by atoms with van der Waals surface area (Å²) in [6, 6.07) is 1.74. The number of aromatic amines is 1. The van der Waals surface area contributed by atoms with Gasteiger partial charge in [0.15, 0.2) is 0 Å². The molecule has 0 aliphatic carbocycles. The van der Waals surface area contributed by atoms with Gasteiger partial charge in [-0.15, -0.1) is 0 Å². The van der Waals surface area contributed by atoms with E-state index in [-0.39, 0.29) is 5.82 Å². The average molecular weight is 222 g/mol. The molecule has 0 amide bonds. The molecule has 0 aliphatic rings. The first-order valence-corrected chi connectivity index (χ1v) is 5.08. The van der Waals surface area contributed by atoms with Gasteiger partial charge < -0.3 is 4.98 Å². The Morgan fingerprint density at radius 3 is 2.67 bits per heavy atom. The monoisotopic (exact) mass is 222 g/mol. The Morgan fingerprint density at radius 2 is 2.00 bits per heavy atom. The highest BCUT2D eigenvalue weighted by Crippen LogP contribution is 2.20. The Bertz CT molecular complexity index is 602. The van der Waals surface area contributed by atoms with Crippen molar-refractivity contribution in [2.75, 3.05) is 0 Å². The molecule has 0 unspecified atom stereocenters. The van der Waals surface area contributed by atoms with Gasteiger partial charge in [-0.05, 0) is 32.4 Å². The van der Waals surface area contributed by atoms with Crippen molar-refractivity contribution in [2.24, 2.45) is 0 Å². The van der Waals surface area contributed by atoms with E-state index in [4.69, 9.17) is 12.2 Å². The van der Waals surface area contributed by atoms with Gasteiger partial charge in [0.1, 0.15) is 16.1 Å². The van der Waals surface area contributed by atoms with E-state index in [1.54, 1.807) is 19.9 Å². The standard InChI is InChI=1S/C11H11FN2S/c1-5-4-8-9(12)6(2)7(3)13-10(8)14-11(5)15/h4H,1-3H3,(H,13,14,15). The maximum atomic E-state index is 13.9. The molecule has 0 fully saturated rings. The van der Waals surface area contributed by atoms with Crippen LogP contribution in [0.25, 0.3) is 11.0 Å². The molecule has 2 rings (SSSR count). The molecule has 0 aliphatic heterocycles. The van der Waals surface area contributed by atoms with E-state index in [2.05, 4.69) is 9.97 Å². The number of H-pyrrole nitrogens is 1. The molecule has 78 valence electrons. The zero-order valence-corrected chi connectivity index (χ0v) is 9.63. The topological polar surface area (TPSA) is 28.7 Å². The van der Waals surface area contributed by atoms with Gasteiger partial charge in [0.25, 0.3) is 0 Å². The molecule has 0 radical (unpaired) electrons. The SMILES string of the molecule is Cc1nc2[nH]c(=S)c(C)cc2c(F)c1C. The highest BCUT2D eigenvalue weighted by molar-refractivity contribution is 7.71. The summed E-state index contributed by atoms with van der Waals surface area (Å²) in [6.45, 7) is 5.37. The first kappa shape index (κ1) is 10.2. The third kappa shape index (κ3) is 1.55. The number of nitrogens with one attached hydrogen (secondary N) is 1. The van der Waals surface area contributed by atoms with Crippen molar-refractivity contribution in [3.8, 4) is 0 Å². The zero-order chi connectivity index (χ0) is 11.2. The number of nitrogens with zero attached hydrogens (tertiary/aromatic N) is 1. The Balaban J connectivity index is 2.99. The van der Waals surface area contributed by atoms with Crippen molar-refractivity contribution >= 4 is 23.3 Å². The lowest BCUT2D eigenvalue weighted by Crippen LogP contribution is -1.97. The fourth-order valence-electron chi connectivity index (χ4n) is 1.49. The molecular weight excluding hydrogens is 211 g/mol. The highest BCUT2D eigenvalue weighted by Gasteiger charge is 2.09. The van der Waals surface area contributed by atoms with Crippen LogP contribution in [0.4, 0.5) is 4.39 Å². The molecule has 0 saturated heterocycles. The summed E-state index contributed by atoms with van der Waals surface area (Å²) in [5.74, 6) is -0.216. The van der Waals surface area contributed by atoms with Gasteiger partial charge in [0, 0.05) is 11.3 Å². The predicted octanol–water partition coefficient (Wildman–Crippen LogP) is 3.36. The second-order valence-electron chi connectivity index (χ2n) is 3.68. The number of aromatic nitrogens is 2. The molecular formula is C11H11FN2S. The largest absolute Gasteiger partial charge is 0.330 e. The molecule has 1 N–H and O–H groups in total. The smallest absolute Gasteiger partial charge is 0.141 e. The minimum atomic E-state index is -0.216. The molecule has 0 saturated carbocycles. The van der Waals surface area contributed by atoms with Crippen molar-refractivity contribution in [2.45, 2.75) is 20.8 Å². The van der Waals surface area contributed by atoms with Gasteiger partial charge in [-0.3, -0.25) is 0 Å². The lowest BCUT2D eigenvalue weighted by Gasteiger charge is -2.06. The van der Waals surface area contributed by atoms with E-state index in [0.717, 1.165) is 5.56 Å². The van der Waals surface area contributed by atoms with Crippen LogP contribution in [0.15, 0.2) is 6.07 Å². The van der Waals surface area contributed by atoms with Crippen LogP contribution in [0.3, 0.4) is 0 Å². The lowest BCUT2D eigenvalue weighted by molar-refractivity contribution is 0.626. The Kier molecular flexibility index (Phi) is 2.31. The van der Waals surface area contributed by atoms with E-state index in [0.29, 0.717) is 26.9 Å². The van der Waals surface area contributed by atoms with Gasteiger partial charge in [-0.2, -0.15) is 0 Å². The maximum absolute atomic E-state index is 13.9. The van der Waals surface area contributed by atoms with Crippen LogP contribution in [0, 0.1) is 31.2 Å². The molecule has 0 aromatic carbocycles. The summed E-state index contributed by atoms with van der Waals surface area (Å²) in [7, 11) is 0. The number of hydrogen-bond donors (Lipinski definition) is 1. The van der Waals surface area contributed by atoms with Crippen LogP contribution < -0.4 is 0 Å². The maximum Gasteiger partial charge on any atom is 0.141 e. The summed E-state index contributed by atoms with van der Waals surface area (Å²) >= 11 is 5.08. The number of aryl methyl sites for hydroxylation is 2. The molecule has 15 heavy (non-hydrogen) atoms. The summed E-state index contributed by atoms with van der Waals surface area (Å²) in [5.41, 5.74) is 2.66. The van der Waals surface area contributed by atoms with Gasteiger partial charge in [-0.25, -0.2) is 9.37 Å². The highest BCUT2D eigenvalue weighted by atomic mass is 32.1. The van der Waals surface area contributed by atoms with Crippen LogP contribution in [0.2, 0.25) is 0 Å². The third-order valence-corrected chi connectivity index (χ3v) is 3.02. The van der Waals surface area contributed by atoms with Crippen molar-refractivity contribution < 1.29 is 4.39 Å². The summed E-state index contributed by atoms with van der Waals surface area (Å²) in [4.78, 5) is 7.21. The van der Waals surface area contributed by atoms with Crippen molar-refractivity contribution in [1.29, 1.82) is 0 Å². The molecule has 2 aromatic heterocycles. The Morgan fingerprint density at radius 1 is 1.33 bits per heavy atom. The van der Waals surface area contributed by atoms with Crippen LogP contribution >= 0.6 is 12.2 Å². The molecule has 4 heteroatoms. The van der Waals surface area contributed by atoms with Gasteiger partial charge in [-0.1, -0.05) is 12.2 Å². The fraction of sp³-hybridized carbons (Fsp3) is 0.273. The summed E-state index contributed by atoms with van der Waals surface area (Å²) < 4.78 is 14.5. The van der Waals surface area contributed by atoms with Crippen LogP contribution in [-0.4, -0.2) is 9.97 Å². The minimum absolute atomic E-state index is 0.216.